The Hall–Kier alpha value is -3.58. The Bertz CT molecular complexity index is 1330. The van der Waals surface area contributed by atoms with Crippen molar-refractivity contribution in [2.45, 2.75) is 12.5 Å². The minimum absolute atomic E-state index is 0.193. The standard InChI is InChI=1S/C22H20N4O3/c1-25-12-11-15-14-9-5-6-10-16(14)23-18(15)19(25)17-20(27)24-22(29)26(21(17)28)13-7-3-2-4-8-13/h2-10,19,23,28H,11-12H2,1H3,(H,24,27,29)/p+1/t19-/m1/s1. The molecule has 1 aliphatic rings. The van der Waals surface area contributed by atoms with Crippen LogP contribution in [0.5, 0.6) is 5.88 Å². The number of rotatable bonds is 2. The van der Waals surface area contributed by atoms with E-state index < -0.39 is 17.3 Å². The molecule has 1 unspecified atom stereocenters. The number of quaternary nitrogens is 1. The van der Waals surface area contributed by atoms with Crippen LogP contribution < -0.4 is 16.1 Å². The Kier molecular flexibility index (Phi) is 3.92. The van der Waals surface area contributed by atoms with Gasteiger partial charge >= 0.3 is 5.69 Å². The second kappa shape index (κ2) is 6.49. The van der Waals surface area contributed by atoms with Gasteiger partial charge in [-0.3, -0.25) is 9.78 Å². The number of nitrogens with zero attached hydrogens (tertiary/aromatic N) is 1. The van der Waals surface area contributed by atoms with E-state index in [1.165, 1.54) is 0 Å². The van der Waals surface area contributed by atoms with Crippen molar-refractivity contribution in [2.75, 3.05) is 13.6 Å². The van der Waals surface area contributed by atoms with Crippen molar-refractivity contribution in [1.82, 2.24) is 14.5 Å². The van der Waals surface area contributed by atoms with Crippen LogP contribution >= 0.6 is 0 Å². The van der Waals surface area contributed by atoms with Gasteiger partial charge in [-0.05, 0) is 23.8 Å². The van der Waals surface area contributed by atoms with E-state index in [-0.39, 0.29) is 11.4 Å². The van der Waals surface area contributed by atoms with E-state index in [0.29, 0.717) is 5.69 Å². The highest BCUT2D eigenvalue weighted by molar-refractivity contribution is 5.85. The predicted molar refractivity (Wildman–Crippen MR) is 110 cm³/mol. The quantitative estimate of drug-likeness (QED) is 0.410. The Morgan fingerprint density at radius 3 is 2.55 bits per heavy atom. The summed E-state index contributed by atoms with van der Waals surface area (Å²) in [6, 6.07) is 16.4. The van der Waals surface area contributed by atoms with Crippen LogP contribution in [-0.4, -0.2) is 33.2 Å². The van der Waals surface area contributed by atoms with E-state index >= 15 is 0 Å². The fourth-order valence-electron chi connectivity index (χ4n) is 4.46. The van der Waals surface area contributed by atoms with Gasteiger partial charge in [-0.25, -0.2) is 9.36 Å². The van der Waals surface area contributed by atoms with Crippen LogP contribution in [0.3, 0.4) is 0 Å². The van der Waals surface area contributed by atoms with E-state index in [1.54, 1.807) is 24.3 Å². The van der Waals surface area contributed by atoms with Crippen molar-refractivity contribution >= 4 is 10.9 Å². The molecule has 5 rings (SSSR count). The fraction of sp³-hybridized carbons (Fsp3) is 0.182. The van der Waals surface area contributed by atoms with E-state index in [9.17, 15) is 14.7 Å². The lowest BCUT2D eigenvalue weighted by atomic mass is 9.94. The Morgan fingerprint density at radius 2 is 1.76 bits per heavy atom. The molecule has 29 heavy (non-hydrogen) atoms. The van der Waals surface area contributed by atoms with Crippen LogP contribution in [0.4, 0.5) is 0 Å². The molecule has 2 atom stereocenters. The molecule has 0 amide bonds. The third-order valence-electron chi connectivity index (χ3n) is 5.82. The molecule has 0 fully saturated rings. The first-order chi connectivity index (χ1) is 14.1. The van der Waals surface area contributed by atoms with Gasteiger partial charge in [-0.1, -0.05) is 36.4 Å². The maximum Gasteiger partial charge on any atom is 0.335 e. The topological polar surface area (TPSA) is 95.3 Å². The molecular formula is C22H21N4O3+. The number of hydrogen-bond donors (Lipinski definition) is 4. The largest absolute Gasteiger partial charge is 0.494 e. The van der Waals surface area contributed by atoms with Gasteiger partial charge in [0.2, 0.25) is 5.88 Å². The molecule has 0 aliphatic carbocycles. The van der Waals surface area contributed by atoms with Crippen molar-refractivity contribution in [1.29, 1.82) is 0 Å². The number of para-hydroxylation sites is 2. The number of benzene rings is 2. The third-order valence-corrected chi connectivity index (χ3v) is 5.82. The van der Waals surface area contributed by atoms with Gasteiger partial charge in [0.05, 0.1) is 25.0 Å². The molecule has 7 nitrogen and oxygen atoms in total. The van der Waals surface area contributed by atoms with Crippen LogP contribution in [-0.2, 0) is 6.42 Å². The molecule has 1 aliphatic heterocycles. The number of likely N-dealkylation sites (N-methyl/N-ethyl adjacent to an activating group) is 1. The van der Waals surface area contributed by atoms with Gasteiger partial charge < -0.3 is 15.0 Å². The van der Waals surface area contributed by atoms with Crippen molar-refractivity contribution in [3.8, 4) is 11.6 Å². The third kappa shape index (κ3) is 2.62. The van der Waals surface area contributed by atoms with Crippen molar-refractivity contribution < 1.29 is 10.0 Å². The zero-order chi connectivity index (χ0) is 20.1. The number of hydrogen-bond acceptors (Lipinski definition) is 3. The van der Waals surface area contributed by atoms with Crippen LogP contribution in [0.25, 0.3) is 16.6 Å². The highest BCUT2D eigenvalue weighted by Gasteiger charge is 2.37. The van der Waals surface area contributed by atoms with Gasteiger partial charge in [-0.2, -0.15) is 0 Å². The highest BCUT2D eigenvalue weighted by atomic mass is 16.3. The Labute approximate surface area is 165 Å². The predicted octanol–water partition coefficient (Wildman–Crippen LogP) is 0.873. The van der Waals surface area contributed by atoms with Gasteiger partial charge in [-0.15, -0.1) is 0 Å². The molecule has 0 bridgehead atoms. The molecule has 0 spiro atoms. The zero-order valence-electron chi connectivity index (χ0n) is 15.9. The number of aromatic hydroxyl groups is 1. The second-order valence-electron chi connectivity index (χ2n) is 7.51. The zero-order valence-corrected chi connectivity index (χ0v) is 15.9. The Balaban J connectivity index is 1.79. The molecule has 3 heterocycles. The minimum atomic E-state index is -0.659. The van der Waals surface area contributed by atoms with Crippen LogP contribution in [0.1, 0.15) is 22.9 Å². The monoisotopic (exact) mass is 389 g/mol. The molecule has 4 aromatic rings. The maximum atomic E-state index is 12.9. The molecule has 2 aromatic carbocycles. The van der Waals surface area contributed by atoms with E-state index in [1.807, 2.05) is 31.3 Å². The lowest BCUT2D eigenvalue weighted by Crippen LogP contribution is -3.10. The summed E-state index contributed by atoms with van der Waals surface area (Å²) in [7, 11) is 2.00. The van der Waals surface area contributed by atoms with Crippen LogP contribution in [0.15, 0.2) is 64.2 Å². The summed E-state index contributed by atoms with van der Waals surface area (Å²) in [4.78, 5) is 32.3. The van der Waals surface area contributed by atoms with Gasteiger partial charge in [0.1, 0.15) is 5.56 Å². The smallest absolute Gasteiger partial charge is 0.335 e. The summed E-state index contributed by atoms with van der Waals surface area (Å²) >= 11 is 0. The number of fused-ring (bicyclic) bond motifs is 3. The van der Waals surface area contributed by atoms with Gasteiger partial charge in [0, 0.05) is 17.3 Å². The van der Waals surface area contributed by atoms with Crippen molar-refractivity contribution in [3.05, 3.63) is 92.3 Å². The summed E-state index contributed by atoms with van der Waals surface area (Å²) in [6.45, 7) is 0.808. The van der Waals surface area contributed by atoms with E-state index in [0.717, 1.165) is 44.6 Å². The molecule has 0 saturated heterocycles. The Morgan fingerprint density at radius 1 is 1.03 bits per heavy atom. The van der Waals surface area contributed by atoms with Gasteiger partial charge in [0.15, 0.2) is 6.04 Å². The summed E-state index contributed by atoms with van der Waals surface area (Å²) < 4.78 is 1.15. The molecular weight excluding hydrogens is 368 g/mol. The van der Waals surface area contributed by atoms with Crippen LogP contribution in [0, 0.1) is 0 Å². The summed E-state index contributed by atoms with van der Waals surface area (Å²) in [5, 5.41) is 12.2. The first-order valence-electron chi connectivity index (χ1n) is 9.61. The first-order valence-corrected chi connectivity index (χ1v) is 9.61. The summed E-state index contributed by atoms with van der Waals surface area (Å²) in [5.74, 6) is -0.319. The van der Waals surface area contributed by atoms with Gasteiger partial charge in [0.25, 0.3) is 5.56 Å². The van der Waals surface area contributed by atoms with Crippen molar-refractivity contribution in [2.24, 2.45) is 0 Å². The molecule has 7 heteroatoms. The minimum Gasteiger partial charge on any atom is -0.494 e. The lowest BCUT2D eigenvalue weighted by molar-refractivity contribution is -0.908. The van der Waals surface area contributed by atoms with Crippen molar-refractivity contribution in [3.63, 3.8) is 0 Å². The molecule has 0 radical (unpaired) electrons. The summed E-state index contributed by atoms with van der Waals surface area (Å²) in [5.41, 5.74) is 2.55. The van der Waals surface area contributed by atoms with E-state index in [4.69, 9.17) is 0 Å². The average Bonchev–Trinajstić information content (AvgIpc) is 3.09. The van der Waals surface area contributed by atoms with Crippen LogP contribution in [0.2, 0.25) is 0 Å². The summed E-state index contributed by atoms with van der Waals surface area (Å²) in [6.07, 6.45) is 0.874. The molecule has 4 N–H and O–H groups in total. The maximum absolute atomic E-state index is 12.9. The normalized spacial score (nSPS) is 18.7. The molecule has 0 saturated carbocycles. The number of aromatic nitrogens is 3. The second-order valence-corrected chi connectivity index (χ2v) is 7.51. The number of H-pyrrole nitrogens is 2. The van der Waals surface area contributed by atoms with E-state index in [2.05, 4.69) is 16.0 Å². The molecule has 146 valence electrons. The SMILES string of the molecule is C[NH+]1CCc2c([nH]c3ccccc23)[C@H]1c1c(O)n(-c2ccccc2)c(=O)[nH]c1=O. The average molecular weight is 389 g/mol. The number of aromatic amines is 2. The first kappa shape index (κ1) is 17.5. The highest BCUT2D eigenvalue weighted by Crippen LogP contribution is 2.33. The lowest BCUT2D eigenvalue weighted by Gasteiger charge is -2.30. The molecule has 2 aromatic heterocycles. The fourth-order valence-corrected chi connectivity index (χ4v) is 4.46. The number of nitrogens with one attached hydrogen (secondary N) is 3.